The Morgan fingerprint density at radius 1 is 0.917 bits per heavy atom. The number of hydrogen-bond acceptors (Lipinski definition) is 18. The van der Waals surface area contributed by atoms with Crippen LogP contribution in [0.4, 0.5) is 4.79 Å². The number of allylic oxidation sites excluding steroid dienone is 2. The molecule has 2 aromatic rings. The van der Waals surface area contributed by atoms with Crippen LogP contribution in [0.2, 0.25) is 0 Å². The Labute approximate surface area is 420 Å². The molecule has 5 rings (SSSR count). The van der Waals surface area contributed by atoms with Crippen LogP contribution in [0.25, 0.3) is 0 Å². The van der Waals surface area contributed by atoms with Gasteiger partial charge in [0.1, 0.15) is 61.4 Å². The van der Waals surface area contributed by atoms with Gasteiger partial charge in [-0.15, -0.1) is 0 Å². The summed E-state index contributed by atoms with van der Waals surface area (Å²) in [4.78, 5) is 106. The van der Waals surface area contributed by atoms with E-state index in [2.05, 4.69) is 41.2 Å². The van der Waals surface area contributed by atoms with Crippen LogP contribution in [0.5, 0.6) is 0 Å². The number of amides is 4. The molecule has 5 heterocycles. The largest absolute Gasteiger partial charge is 0.473 e. The molecule has 396 valence electrons. The number of carbonyl (C=O) groups is 7. The van der Waals surface area contributed by atoms with E-state index < -0.39 is 70.8 Å². The Bertz CT molecular complexity index is 2360. The van der Waals surface area contributed by atoms with E-state index in [0.717, 1.165) is 25.7 Å². The van der Waals surface area contributed by atoms with Crippen molar-refractivity contribution >= 4 is 53.3 Å². The highest BCUT2D eigenvalue weighted by molar-refractivity contribution is 6.00. The van der Waals surface area contributed by atoms with Gasteiger partial charge in [0.25, 0.3) is 11.8 Å². The second-order valence-electron chi connectivity index (χ2n) is 19.7. The number of Topliss-reactive ketones (excluding diaryl/α,β-unsaturated/α-hetero) is 1. The molecule has 0 spiro atoms. The summed E-state index contributed by atoms with van der Waals surface area (Å²) in [7, 11) is 0. The zero-order valence-electron chi connectivity index (χ0n) is 43.5. The summed E-state index contributed by atoms with van der Waals surface area (Å²) in [6.45, 7) is 21.1. The highest BCUT2D eigenvalue weighted by Crippen LogP contribution is 2.25. The molecule has 4 N–H and O–H groups in total. The fourth-order valence-electron chi connectivity index (χ4n) is 6.81. The number of oxazole rings is 2. The lowest BCUT2D eigenvalue weighted by Crippen LogP contribution is -2.53. The lowest BCUT2D eigenvalue weighted by Gasteiger charge is -2.26. The highest BCUT2D eigenvalue weighted by atomic mass is 16.6. The van der Waals surface area contributed by atoms with Gasteiger partial charge in [0.2, 0.25) is 29.5 Å². The fraction of sp³-hybridized carbons (Fsp3) is 0.620. The first-order valence-electron chi connectivity index (χ1n) is 24.3. The van der Waals surface area contributed by atoms with Crippen LogP contribution in [0.15, 0.2) is 55.6 Å². The molecule has 0 aliphatic carbocycles. The molecule has 0 saturated carbocycles. The Morgan fingerprint density at radius 3 is 2.22 bits per heavy atom. The topological polar surface area (TPSA) is 291 Å². The van der Waals surface area contributed by atoms with E-state index in [0.29, 0.717) is 5.69 Å². The molecule has 72 heavy (non-hydrogen) atoms. The molecule has 3 aliphatic rings. The molecule has 6 atom stereocenters. The smallest absolute Gasteiger partial charge is 0.408 e. The van der Waals surface area contributed by atoms with E-state index in [1.54, 1.807) is 74.5 Å². The predicted octanol–water partition coefficient (Wildman–Crippen LogP) is 5.26. The number of nitrogens with one attached hydrogen (secondary N) is 4. The minimum absolute atomic E-state index is 0.00462. The number of aliphatic imine (C=N–C) groups is 2. The van der Waals surface area contributed by atoms with Crippen LogP contribution in [0.3, 0.4) is 0 Å². The second-order valence-corrected chi connectivity index (χ2v) is 19.7. The van der Waals surface area contributed by atoms with Crippen LogP contribution >= 0.6 is 0 Å². The van der Waals surface area contributed by atoms with Crippen molar-refractivity contribution in [2.24, 2.45) is 21.8 Å². The Morgan fingerprint density at radius 2 is 1.57 bits per heavy atom. The molecule has 0 radical (unpaired) electrons. The third-order valence-electron chi connectivity index (χ3n) is 10.9. The average molecular weight is 1010 g/mol. The van der Waals surface area contributed by atoms with Crippen molar-refractivity contribution in [3.8, 4) is 0 Å². The first kappa shape index (κ1) is 57.7. The van der Waals surface area contributed by atoms with Gasteiger partial charge in [-0.05, 0) is 78.4 Å². The average Bonchev–Trinajstić information content (AvgIpc) is 4.12. The minimum atomic E-state index is -1.34. The van der Waals surface area contributed by atoms with E-state index in [9.17, 15) is 33.6 Å². The zero-order chi connectivity index (χ0) is 53.4. The Hall–Kier alpha value is -6.87. The van der Waals surface area contributed by atoms with Crippen LogP contribution < -0.4 is 21.3 Å². The molecule has 4 bridgehead atoms. The van der Waals surface area contributed by atoms with Crippen LogP contribution in [0, 0.1) is 11.8 Å². The van der Waals surface area contributed by atoms with Crippen molar-refractivity contribution in [3.05, 3.63) is 60.0 Å². The number of ketones is 1. The molecule has 0 fully saturated rings. The van der Waals surface area contributed by atoms with Crippen LogP contribution in [-0.2, 0) is 65.5 Å². The molecule has 22 heteroatoms. The molecule has 0 aromatic carbocycles. The zero-order valence-corrected chi connectivity index (χ0v) is 43.5. The summed E-state index contributed by atoms with van der Waals surface area (Å²) in [6, 6.07) is -1.87. The number of rotatable bonds is 17. The summed E-state index contributed by atoms with van der Waals surface area (Å²) >= 11 is 0. The van der Waals surface area contributed by atoms with Gasteiger partial charge in [-0.2, -0.15) is 0 Å². The molecule has 3 aliphatic heterocycles. The summed E-state index contributed by atoms with van der Waals surface area (Å²) in [6.07, 6.45) is 11.2. The second kappa shape index (κ2) is 26.0. The van der Waals surface area contributed by atoms with Gasteiger partial charge >= 0.3 is 18.0 Å². The number of carbonyl (C=O) groups excluding carboxylic acids is 7. The maximum absolute atomic E-state index is 13.3. The van der Waals surface area contributed by atoms with Crippen molar-refractivity contribution in [1.29, 1.82) is 0 Å². The third-order valence-corrected chi connectivity index (χ3v) is 10.9. The SMILES string of the molecule is CCC/C=C/C(CC(C)=O)OC(=O)[C@@H](NC(=O)[C@]1(C)COC(c2coc(CNC(=O)OC(C)(C)C)n2)=N1)C(C)C.CCC/C=C/C1CC(=O)NCc2nc(co2)C2=N[C@@](C)(CO2)C(=O)N[C@@H](C(C)C)C(=O)O1. The molecule has 22 nitrogen and oxygen atoms in total. The summed E-state index contributed by atoms with van der Waals surface area (Å²) in [5.74, 6) is -2.50. The molecule has 2 unspecified atom stereocenters. The van der Waals surface area contributed by atoms with Gasteiger partial charge in [0.15, 0.2) is 22.5 Å². The maximum atomic E-state index is 13.3. The third kappa shape index (κ3) is 17.5. The molecular formula is C50H72N8O14. The molecular weight excluding hydrogens is 937 g/mol. The van der Waals surface area contributed by atoms with Crippen molar-refractivity contribution in [1.82, 2.24) is 31.2 Å². The number of cyclic esters (lactones) is 1. The summed E-state index contributed by atoms with van der Waals surface area (Å²) < 4.78 is 38.4. The number of hydrogen-bond donors (Lipinski definition) is 4. The van der Waals surface area contributed by atoms with Gasteiger partial charge in [-0.1, -0.05) is 66.5 Å². The van der Waals surface area contributed by atoms with Crippen molar-refractivity contribution in [2.75, 3.05) is 13.2 Å². The van der Waals surface area contributed by atoms with Crippen molar-refractivity contribution < 1.29 is 66.1 Å². The van der Waals surface area contributed by atoms with Gasteiger partial charge in [-0.25, -0.2) is 34.3 Å². The van der Waals surface area contributed by atoms with Gasteiger partial charge < -0.3 is 53.8 Å². The van der Waals surface area contributed by atoms with Gasteiger partial charge in [-0.3, -0.25) is 19.2 Å². The molecule has 2 aromatic heterocycles. The van der Waals surface area contributed by atoms with Gasteiger partial charge in [0, 0.05) is 6.42 Å². The first-order valence-corrected chi connectivity index (χ1v) is 24.3. The van der Waals surface area contributed by atoms with E-state index in [4.69, 9.17) is 32.5 Å². The number of fused-ring (bicyclic) bond motifs is 4. The fourth-order valence-corrected chi connectivity index (χ4v) is 6.81. The normalized spacial score (nSPS) is 22.3. The van der Waals surface area contributed by atoms with E-state index in [1.807, 2.05) is 26.0 Å². The number of nitrogens with zero attached hydrogens (tertiary/aromatic N) is 4. The van der Waals surface area contributed by atoms with Crippen LogP contribution in [0.1, 0.15) is 145 Å². The lowest BCUT2D eigenvalue weighted by molar-refractivity contribution is -0.154. The monoisotopic (exact) mass is 1010 g/mol. The number of unbranched alkanes of at least 4 members (excludes halogenated alkanes) is 2. The van der Waals surface area contributed by atoms with E-state index >= 15 is 0 Å². The number of esters is 2. The highest BCUT2D eigenvalue weighted by Gasteiger charge is 2.44. The maximum Gasteiger partial charge on any atom is 0.408 e. The predicted molar refractivity (Wildman–Crippen MR) is 261 cm³/mol. The standard InChI is InChI=1S/C28H42N4O8.C22H30N4O6/c1-9-10-11-12-19(13-18(4)33)39-24(34)22(17(2)3)31-25(35)28(8)16-38-23(32-28)20-15-37-21(30-20)14-29-26(36)40-27(5,6)7;1-5-6-7-8-14-9-16(27)23-10-17-24-15(11-30-17)19-26-22(4,12-31-19)21(29)25-18(13(2)3)20(28)32-14/h11-12,15,17,19,22H,9-10,13-14,16H2,1-8H3,(H,29,36)(H,31,35);7-8,11,13-14,18H,5-6,9-10,12H2,1-4H3,(H,23,27)(H,25,29)/b12-11+;8-7+/t19?,22-,28-;14?,18-,22-/m00/s1. The molecule has 4 amide bonds. The van der Waals surface area contributed by atoms with Crippen LogP contribution in [-0.4, -0.2) is 117 Å². The lowest BCUT2D eigenvalue weighted by atomic mass is 10.00. The van der Waals surface area contributed by atoms with Crippen molar-refractivity contribution in [2.45, 2.75) is 176 Å². The van der Waals surface area contributed by atoms with E-state index in [-0.39, 0.29) is 91.9 Å². The minimum Gasteiger partial charge on any atom is -0.473 e. The first-order chi connectivity index (χ1) is 33.8. The number of alkyl carbamates (subject to hydrolysis) is 1. The summed E-state index contributed by atoms with van der Waals surface area (Å²) in [5.41, 5.74) is -2.62. The number of aromatic nitrogens is 2. The van der Waals surface area contributed by atoms with Gasteiger partial charge in [0.05, 0.1) is 19.5 Å². The van der Waals surface area contributed by atoms with E-state index in [1.165, 1.54) is 19.5 Å². The molecule has 0 saturated heterocycles. The quantitative estimate of drug-likeness (QED) is 0.0893. The summed E-state index contributed by atoms with van der Waals surface area (Å²) in [5, 5.41) is 10.7. The Kier molecular flexibility index (Phi) is 20.8. The van der Waals surface area contributed by atoms with Crippen molar-refractivity contribution in [3.63, 3.8) is 0 Å². The Balaban J connectivity index is 0.000000320. The number of ether oxygens (including phenoxy) is 5.